The van der Waals surface area contributed by atoms with E-state index in [0.29, 0.717) is 5.41 Å². The topological polar surface area (TPSA) is 34.2 Å². The molecule has 1 aromatic rings. The van der Waals surface area contributed by atoms with Crippen LogP contribution in [0.25, 0.3) is 0 Å². The van der Waals surface area contributed by atoms with Gasteiger partial charge in [0.05, 0.1) is 24.7 Å². The van der Waals surface area contributed by atoms with Crippen molar-refractivity contribution >= 4 is 5.69 Å². The molecule has 0 unspecified atom stereocenters. The Labute approximate surface area is 98.2 Å². The average Bonchev–Trinajstić information content (AvgIpc) is 2.17. The lowest BCUT2D eigenvalue weighted by atomic mass is 9.93. The molecule has 0 aromatic carbocycles. The molecule has 0 saturated heterocycles. The second kappa shape index (κ2) is 5.73. The van der Waals surface area contributed by atoms with E-state index in [9.17, 15) is 0 Å². The third-order valence-corrected chi connectivity index (χ3v) is 2.21. The van der Waals surface area contributed by atoms with E-state index in [1.807, 2.05) is 6.07 Å². The molecule has 16 heavy (non-hydrogen) atoms. The summed E-state index contributed by atoms with van der Waals surface area (Å²) in [7, 11) is 0. The molecule has 1 rings (SSSR count). The lowest BCUT2D eigenvalue weighted by Gasteiger charge is -2.18. The third kappa shape index (κ3) is 5.01. The highest BCUT2D eigenvalue weighted by molar-refractivity contribution is 5.44. The van der Waals surface area contributed by atoms with Gasteiger partial charge in [0.2, 0.25) is 0 Å². The highest BCUT2D eigenvalue weighted by Gasteiger charge is 2.09. The van der Waals surface area contributed by atoms with Gasteiger partial charge in [-0.1, -0.05) is 20.8 Å². The molecule has 3 nitrogen and oxygen atoms in total. The maximum atomic E-state index is 5.67. The fourth-order valence-electron chi connectivity index (χ4n) is 1.27. The highest BCUT2D eigenvalue weighted by Crippen LogP contribution is 2.20. The Kier molecular flexibility index (Phi) is 4.59. The number of nitrogens with one attached hydrogen (secondary N) is 1. The molecule has 0 atom stereocenters. The Balaban J connectivity index is 2.44. The Hall–Kier alpha value is -1.25. The van der Waals surface area contributed by atoms with Gasteiger partial charge in [-0.25, -0.2) is 0 Å². The second-order valence-corrected chi connectivity index (χ2v) is 5.10. The van der Waals surface area contributed by atoms with Crippen LogP contribution in [-0.2, 0) is 0 Å². The van der Waals surface area contributed by atoms with Crippen LogP contribution in [0.5, 0.6) is 5.75 Å². The van der Waals surface area contributed by atoms with Gasteiger partial charge >= 0.3 is 0 Å². The Morgan fingerprint density at radius 1 is 1.31 bits per heavy atom. The second-order valence-electron chi connectivity index (χ2n) is 5.10. The fraction of sp³-hybridized carbons (Fsp3) is 0.615. The highest BCUT2D eigenvalue weighted by atomic mass is 16.5. The maximum Gasteiger partial charge on any atom is 0.139 e. The molecule has 1 N–H and O–H groups in total. The van der Waals surface area contributed by atoms with E-state index >= 15 is 0 Å². The zero-order valence-electron chi connectivity index (χ0n) is 10.7. The number of pyridine rings is 1. The molecule has 0 saturated carbocycles. The van der Waals surface area contributed by atoms with Crippen molar-refractivity contribution in [2.24, 2.45) is 5.41 Å². The minimum Gasteiger partial charge on any atom is -0.492 e. The zero-order valence-corrected chi connectivity index (χ0v) is 10.7. The summed E-state index contributed by atoms with van der Waals surface area (Å²) in [5.74, 6) is 0.836. The number of nitrogens with zero attached hydrogens (tertiary/aromatic N) is 1. The van der Waals surface area contributed by atoms with Gasteiger partial charge in [0.15, 0.2) is 0 Å². The molecule has 0 aliphatic carbocycles. The van der Waals surface area contributed by atoms with Gasteiger partial charge in [0.25, 0.3) is 0 Å². The quantitative estimate of drug-likeness (QED) is 0.829. The van der Waals surface area contributed by atoms with Gasteiger partial charge in [-0.15, -0.1) is 0 Å². The van der Waals surface area contributed by atoms with Gasteiger partial charge in [0, 0.05) is 12.6 Å². The fourth-order valence-corrected chi connectivity index (χ4v) is 1.27. The minimum atomic E-state index is 0.312. The van der Waals surface area contributed by atoms with Crippen LogP contribution >= 0.6 is 0 Å². The van der Waals surface area contributed by atoms with Gasteiger partial charge in [0.1, 0.15) is 5.75 Å². The third-order valence-electron chi connectivity index (χ3n) is 2.21. The lowest BCUT2D eigenvalue weighted by Crippen LogP contribution is -2.11. The summed E-state index contributed by atoms with van der Waals surface area (Å²) < 4.78 is 5.67. The predicted octanol–water partition coefficient (Wildman–Crippen LogP) is 3.33. The smallest absolute Gasteiger partial charge is 0.139 e. The van der Waals surface area contributed by atoms with E-state index in [1.165, 1.54) is 0 Å². The van der Waals surface area contributed by atoms with E-state index in [2.05, 4.69) is 38.0 Å². The van der Waals surface area contributed by atoms with Crippen molar-refractivity contribution in [3.05, 3.63) is 18.5 Å². The number of hydrogen-bond donors (Lipinski definition) is 1. The summed E-state index contributed by atoms with van der Waals surface area (Å²) in [6.45, 7) is 10.3. The van der Waals surface area contributed by atoms with Crippen molar-refractivity contribution in [3.8, 4) is 5.75 Å². The minimum absolute atomic E-state index is 0.312. The number of hydrogen-bond acceptors (Lipinski definition) is 3. The molecule has 0 bridgehead atoms. The van der Waals surface area contributed by atoms with Crippen molar-refractivity contribution in [1.29, 1.82) is 0 Å². The van der Waals surface area contributed by atoms with Gasteiger partial charge < -0.3 is 10.1 Å². The van der Waals surface area contributed by atoms with Crippen molar-refractivity contribution < 1.29 is 4.74 Å². The first-order valence-electron chi connectivity index (χ1n) is 5.83. The molecule has 0 aliphatic rings. The normalized spacial score (nSPS) is 11.2. The molecule has 0 amide bonds. The number of rotatable bonds is 5. The molecule has 1 heterocycles. The van der Waals surface area contributed by atoms with Crippen LogP contribution in [0.2, 0.25) is 0 Å². The molecule has 3 heteroatoms. The van der Waals surface area contributed by atoms with Crippen molar-refractivity contribution in [3.63, 3.8) is 0 Å². The summed E-state index contributed by atoms with van der Waals surface area (Å²) >= 11 is 0. The van der Waals surface area contributed by atoms with Crippen LogP contribution < -0.4 is 10.1 Å². The maximum absolute atomic E-state index is 5.67. The van der Waals surface area contributed by atoms with Gasteiger partial charge in [-0.3, -0.25) is 4.98 Å². The summed E-state index contributed by atoms with van der Waals surface area (Å²) in [6.07, 6.45) is 4.60. The number of aromatic nitrogens is 1. The van der Waals surface area contributed by atoms with Crippen LogP contribution in [0.1, 0.15) is 34.1 Å². The Morgan fingerprint density at radius 3 is 2.69 bits per heavy atom. The van der Waals surface area contributed by atoms with Gasteiger partial charge in [-0.05, 0) is 18.8 Å². The molecule has 0 spiro atoms. The molecule has 0 fully saturated rings. The van der Waals surface area contributed by atoms with Crippen LogP contribution in [0.15, 0.2) is 18.5 Å². The van der Waals surface area contributed by atoms with Crippen molar-refractivity contribution in [2.45, 2.75) is 34.1 Å². The first kappa shape index (κ1) is 12.8. The lowest BCUT2D eigenvalue weighted by molar-refractivity contribution is 0.242. The van der Waals surface area contributed by atoms with Crippen LogP contribution in [0.4, 0.5) is 5.69 Å². The Morgan fingerprint density at radius 2 is 2.06 bits per heavy atom. The van der Waals surface area contributed by atoms with E-state index < -0.39 is 0 Å². The monoisotopic (exact) mass is 222 g/mol. The zero-order chi connectivity index (χ0) is 12.0. The molecule has 0 radical (unpaired) electrons. The van der Waals surface area contributed by atoms with Crippen molar-refractivity contribution in [1.82, 2.24) is 4.98 Å². The van der Waals surface area contributed by atoms with E-state index in [-0.39, 0.29) is 0 Å². The molecule has 0 aliphatic heterocycles. The van der Waals surface area contributed by atoms with Gasteiger partial charge in [-0.2, -0.15) is 0 Å². The average molecular weight is 222 g/mol. The summed E-state index contributed by atoms with van der Waals surface area (Å²) in [4.78, 5) is 4.13. The number of ether oxygens (including phenoxy) is 1. The largest absolute Gasteiger partial charge is 0.492 e. The first-order valence-corrected chi connectivity index (χ1v) is 5.83. The van der Waals surface area contributed by atoms with Crippen LogP contribution in [-0.4, -0.2) is 18.1 Å². The van der Waals surface area contributed by atoms with E-state index in [4.69, 9.17) is 4.74 Å². The SMILES string of the molecule is CCNc1cncc(OCCC(C)(C)C)c1. The van der Waals surface area contributed by atoms with Crippen LogP contribution in [0.3, 0.4) is 0 Å². The Bertz CT molecular complexity index is 318. The van der Waals surface area contributed by atoms with E-state index in [0.717, 1.165) is 31.0 Å². The standard InChI is InChI=1S/C13H22N2O/c1-5-15-11-8-12(10-14-9-11)16-7-6-13(2,3)4/h8-10,15H,5-7H2,1-4H3. The summed E-state index contributed by atoms with van der Waals surface area (Å²) in [5, 5.41) is 3.21. The van der Waals surface area contributed by atoms with Crippen LogP contribution in [0, 0.1) is 5.41 Å². The molecular formula is C13H22N2O. The first-order chi connectivity index (χ1) is 7.51. The molecule has 1 aromatic heterocycles. The van der Waals surface area contributed by atoms with Crippen molar-refractivity contribution in [2.75, 3.05) is 18.5 Å². The molecule has 90 valence electrons. The summed E-state index contributed by atoms with van der Waals surface area (Å²) in [6, 6.07) is 1.99. The predicted molar refractivity (Wildman–Crippen MR) is 68.0 cm³/mol. The van der Waals surface area contributed by atoms with E-state index in [1.54, 1.807) is 12.4 Å². The molecular weight excluding hydrogens is 200 g/mol. The summed E-state index contributed by atoms with van der Waals surface area (Å²) in [5.41, 5.74) is 1.32. The number of anilines is 1.